The number of hydrogen-bond acceptors (Lipinski definition) is 5. The molecule has 1 N–H and O–H groups in total. The molecule has 0 unspecified atom stereocenters. The van der Waals surface area contributed by atoms with E-state index in [1.807, 2.05) is 6.92 Å². The number of H-pyrrole nitrogens is 1. The van der Waals surface area contributed by atoms with E-state index in [-0.39, 0.29) is 17.4 Å². The molecular weight excluding hydrogens is 330 g/mol. The van der Waals surface area contributed by atoms with Gasteiger partial charge in [0, 0.05) is 11.6 Å². The van der Waals surface area contributed by atoms with Crippen molar-refractivity contribution >= 4 is 28.5 Å². The number of ether oxygens (including phenoxy) is 1. The second kappa shape index (κ2) is 7.32. The molecule has 0 saturated carbocycles. The van der Waals surface area contributed by atoms with Crippen LogP contribution < -0.4 is 5.56 Å². The molecule has 1 atom stereocenters. The van der Waals surface area contributed by atoms with Gasteiger partial charge in [0.25, 0.3) is 5.56 Å². The quantitative estimate of drug-likeness (QED) is 0.857. The van der Waals surface area contributed by atoms with E-state index in [9.17, 15) is 9.59 Å². The smallest absolute Gasteiger partial charge is 0.310 e. The maximum absolute atomic E-state index is 12.2. The summed E-state index contributed by atoms with van der Waals surface area (Å²) in [4.78, 5) is 33.6. The molecule has 1 aromatic carbocycles. The predicted octanol–water partition coefficient (Wildman–Crippen LogP) is 2.35. The van der Waals surface area contributed by atoms with Gasteiger partial charge in [-0.2, -0.15) is 0 Å². The monoisotopic (exact) mass is 349 g/mol. The Bertz CT molecular complexity index is 805. The number of piperidine rings is 1. The van der Waals surface area contributed by atoms with Gasteiger partial charge < -0.3 is 9.72 Å². The number of likely N-dealkylation sites (tertiary alicyclic amines) is 1. The Morgan fingerprint density at radius 2 is 2.33 bits per heavy atom. The van der Waals surface area contributed by atoms with Crippen LogP contribution in [0, 0.1) is 5.92 Å². The number of benzene rings is 1. The van der Waals surface area contributed by atoms with Crippen molar-refractivity contribution < 1.29 is 9.53 Å². The first-order chi connectivity index (χ1) is 11.6. The van der Waals surface area contributed by atoms with Gasteiger partial charge in [-0.15, -0.1) is 0 Å². The van der Waals surface area contributed by atoms with Crippen LogP contribution in [-0.2, 0) is 16.1 Å². The van der Waals surface area contributed by atoms with Crippen LogP contribution in [0.5, 0.6) is 0 Å². The lowest BCUT2D eigenvalue weighted by Crippen LogP contribution is -2.39. The van der Waals surface area contributed by atoms with Crippen molar-refractivity contribution in [1.29, 1.82) is 0 Å². The molecule has 3 rings (SSSR count). The van der Waals surface area contributed by atoms with Crippen molar-refractivity contribution in [3.05, 3.63) is 39.4 Å². The highest BCUT2D eigenvalue weighted by molar-refractivity contribution is 6.31. The average molecular weight is 350 g/mol. The summed E-state index contributed by atoms with van der Waals surface area (Å²) in [7, 11) is 0. The summed E-state index contributed by atoms with van der Waals surface area (Å²) < 4.78 is 5.12. The molecule has 0 spiro atoms. The Morgan fingerprint density at radius 3 is 3.12 bits per heavy atom. The van der Waals surface area contributed by atoms with E-state index < -0.39 is 0 Å². The number of rotatable bonds is 4. The van der Waals surface area contributed by atoms with E-state index in [4.69, 9.17) is 16.3 Å². The molecule has 0 amide bonds. The van der Waals surface area contributed by atoms with E-state index in [1.54, 1.807) is 18.2 Å². The molecule has 7 heteroatoms. The van der Waals surface area contributed by atoms with Crippen LogP contribution in [0.15, 0.2) is 23.0 Å². The summed E-state index contributed by atoms with van der Waals surface area (Å²) in [5.74, 6) is 0.348. The number of halogens is 1. The first kappa shape index (κ1) is 16.9. The van der Waals surface area contributed by atoms with Gasteiger partial charge in [0.1, 0.15) is 5.82 Å². The fourth-order valence-corrected chi connectivity index (χ4v) is 3.27. The third-order valence-electron chi connectivity index (χ3n) is 4.22. The number of nitrogens with one attached hydrogen (secondary N) is 1. The van der Waals surface area contributed by atoms with Gasteiger partial charge in [0.2, 0.25) is 0 Å². The Kier molecular flexibility index (Phi) is 5.16. The Morgan fingerprint density at radius 1 is 1.50 bits per heavy atom. The third-order valence-corrected chi connectivity index (χ3v) is 4.45. The lowest BCUT2D eigenvalue weighted by atomic mass is 9.98. The predicted molar refractivity (Wildman–Crippen MR) is 92.0 cm³/mol. The van der Waals surface area contributed by atoms with Gasteiger partial charge in [0.05, 0.1) is 30.0 Å². The molecule has 2 heterocycles. The minimum absolute atomic E-state index is 0.107. The number of nitrogens with zero attached hydrogens (tertiary/aromatic N) is 2. The normalized spacial score (nSPS) is 18.7. The molecule has 128 valence electrons. The number of aromatic nitrogens is 2. The summed E-state index contributed by atoms with van der Waals surface area (Å²) in [5, 5.41) is 0.991. The van der Waals surface area contributed by atoms with Crippen LogP contribution in [0.3, 0.4) is 0 Å². The third kappa shape index (κ3) is 3.76. The molecule has 1 fully saturated rings. The molecule has 6 nitrogen and oxygen atoms in total. The van der Waals surface area contributed by atoms with Crippen LogP contribution in [0.4, 0.5) is 0 Å². The van der Waals surface area contributed by atoms with Crippen LogP contribution in [0.25, 0.3) is 10.9 Å². The van der Waals surface area contributed by atoms with Gasteiger partial charge in [-0.1, -0.05) is 11.6 Å². The summed E-state index contributed by atoms with van der Waals surface area (Å²) >= 11 is 5.92. The van der Waals surface area contributed by atoms with E-state index in [0.717, 1.165) is 19.4 Å². The van der Waals surface area contributed by atoms with E-state index in [1.165, 1.54) is 0 Å². The first-order valence-electron chi connectivity index (χ1n) is 8.14. The molecular formula is C17H20ClN3O3. The van der Waals surface area contributed by atoms with Gasteiger partial charge >= 0.3 is 5.97 Å². The molecule has 0 bridgehead atoms. The second-order valence-corrected chi connectivity index (χ2v) is 6.44. The molecule has 1 aromatic heterocycles. The van der Waals surface area contributed by atoms with Crippen molar-refractivity contribution in [2.24, 2.45) is 5.92 Å². The van der Waals surface area contributed by atoms with Crippen molar-refractivity contribution in [3.8, 4) is 0 Å². The zero-order valence-electron chi connectivity index (χ0n) is 13.5. The van der Waals surface area contributed by atoms with Crippen molar-refractivity contribution in [2.75, 3.05) is 19.7 Å². The molecule has 1 aliphatic heterocycles. The van der Waals surface area contributed by atoms with Crippen molar-refractivity contribution in [3.63, 3.8) is 0 Å². The van der Waals surface area contributed by atoms with Gasteiger partial charge in [-0.3, -0.25) is 14.5 Å². The van der Waals surface area contributed by atoms with Crippen LogP contribution in [0.2, 0.25) is 5.02 Å². The molecule has 1 aliphatic rings. The first-order valence-corrected chi connectivity index (χ1v) is 8.52. The SMILES string of the molecule is CCOC(=O)[C@H]1CCCN(Cc2nc3ccc(Cl)cc3c(=O)[nH]2)C1. The van der Waals surface area contributed by atoms with Crippen LogP contribution in [-0.4, -0.2) is 40.5 Å². The molecule has 1 saturated heterocycles. The fraction of sp³-hybridized carbons (Fsp3) is 0.471. The maximum atomic E-state index is 12.2. The molecule has 24 heavy (non-hydrogen) atoms. The van der Waals surface area contributed by atoms with E-state index >= 15 is 0 Å². The number of aromatic amines is 1. The zero-order valence-corrected chi connectivity index (χ0v) is 14.3. The van der Waals surface area contributed by atoms with E-state index in [2.05, 4.69) is 14.9 Å². The number of carbonyl (C=O) groups is 1. The van der Waals surface area contributed by atoms with Crippen molar-refractivity contribution in [2.45, 2.75) is 26.3 Å². The lowest BCUT2D eigenvalue weighted by Gasteiger charge is -2.30. The van der Waals surface area contributed by atoms with Crippen molar-refractivity contribution in [1.82, 2.24) is 14.9 Å². The minimum Gasteiger partial charge on any atom is -0.466 e. The topological polar surface area (TPSA) is 75.3 Å². The Hall–Kier alpha value is -1.92. The van der Waals surface area contributed by atoms with Gasteiger partial charge in [-0.05, 0) is 44.5 Å². The number of fused-ring (bicyclic) bond motifs is 1. The maximum Gasteiger partial charge on any atom is 0.310 e. The Labute approximate surface area is 144 Å². The highest BCUT2D eigenvalue weighted by Crippen LogP contribution is 2.20. The number of carbonyl (C=O) groups excluding carboxylic acids is 1. The van der Waals surface area contributed by atoms with Crippen LogP contribution >= 0.6 is 11.6 Å². The summed E-state index contributed by atoms with van der Waals surface area (Å²) in [6, 6.07) is 5.08. The average Bonchev–Trinajstić information content (AvgIpc) is 2.56. The molecule has 0 aliphatic carbocycles. The standard InChI is InChI=1S/C17H20ClN3O3/c1-2-24-17(23)11-4-3-7-21(9-11)10-15-19-14-6-5-12(18)8-13(14)16(22)20-15/h5-6,8,11H,2-4,7,9-10H2,1H3,(H,19,20,22)/t11-/m0/s1. The summed E-state index contributed by atoms with van der Waals surface area (Å²) in [5.41, 5.74) is 0.425. The molecule has 0 radical (unpaired) electrons. The van der Waals surface area contributed by atoms with Gasteiger partial charge in [0.15, 0.2) is 0 Å². The van der Waals surface area contributed by atoms with E-state index in [0.29, 0.717) is 41.4 Å². The number of hydrogen-bond donors (Lipinski definition) is 1. The highest BCUT2D eigenvalue weighted by atomic mass is 35.5. The summed E-state index contributed by atoms with van der Waals surface area (Å²) in [6.45, 7) is 4.22. The summed E-state index contributed by atoms with van der Waals surface area (Å²) in [6.07, 6.45) is 1.77. The Balaban J connectivity index is 1.76. The van der Waals surface area contributed by atoms with Crippen LogP contribution in [0.1, 0.15) is 25.6 Å². The molecule has 2 aromatic rings. The minimum atomic E-state index is -0.198. The largest absolute Gasteiger partial charge is 0.466 e. The number of esters is 1. The van der Waals surface area contributed by atoms with Gasteiger partial charge in [-0.25, -0.2) is 4.98 Å². The highest BCUT2D eigenvalue weighted by Gasteiger charge is 2.27. The lowest BCUT2D eigenvalue weighted by molar-refractivity contribution is -0.150. The fourth-order valence-electron chi connectivity index (χ4n) is 3.10. The zero-order chi connectivity index (χ0) is 17.1. The second-order valence-electron chi connectivity index (χ2n) is 6.00.